The van der Waals surface area contributed by atoms with Gasteiger partial charge in [0.2, 0.25) is 0 Å². The van der Waals surface area contributed by atoms with E-state index in [9.17, 15) is 4.79 Å². The Kier molecular flexibility index (Phi) is 3.79. The molecule has 0 atom stereocenters. The molecule has 3 aromatic rings. The fourth-order valence-electron chi connectivity index (χ4n) is 2.57. The van der Waals surface area contributed by atoms with Gasteiger partial charge in [-0.15, -0.1) is 0 Å². The lowest BCUT2D eigenvalue weighted by atomic mass is 10.2. The molecule has 0 amide bonds. The normalized spacial score (nSPS) is 11.2. The topological polar surface area (TPSA) is 26.9 Å². The van der Waals surface area contributed by atoms with Crippen molar-refractivity contribution in [3.8, 4) is 0 Å². The monoisotopic (exact) mass is 320 g/mol. The van der Waals surface area contributed by atoms with E-state index in [2.05, 4.69) is 0 Å². The van der Waals surface area contributed by atoms with Gasteiger partial charge in [-0.05, 0) is 31.2 Å². The number of hydrogen-bond donors (Lipinski definition) is 0. The van der Waals surface area contributed by atoms with Crippen molar-refractivity contribution in [2.45, 2.75) is 20.0 Å². The first-order valence-corrected chi connectivity index (χ1v) is 7.50. The predicted molar refractivity (Wildman–Crippen MR) is 87.4 cm³/mol. The Hall–Kier alpha value is -1.71. The first-order chi connectivity index (χ1) is 10.1. The molecule has 0 aliphatic carbocycles. The van der Waals surface area contributed by atoms with E-state index in [1.807, 2.05) is 31.2 Å². The second-order valence-corrected chi connectivity index (χ2v) is 5.62. The predicted octanol–water partition coefficient (Wildman–Crippen LogP) is 4.18. The molecule has 3 nitrogen and oxygen atoms in total. The maximum Gasteiger partial charge on any atom is 0.329 e. The van der Waals surface area contributed by atoms with Gasteiger partial charge in [0.1, 0.15) is 0 Å². The van der Waals surface area contributed by atoms with E-state index in [1.165, 1.54) is 0 Å². The molecule has 0 spiro atoms. The molecule has 108 valence electrons. The Bertz CT molecular complexity index is 844. The lowest BCUT2D eigenvalue weighted by Gasteiger charge is -2.08. The Morgan fingerprint density at radius 2 is 1.48 bits per heavy atom. The Labute approximate surface area is 132 Å². The SMILES string of the molecule is CCn1c(=O)n(Cc2c(Cl)cccc2Cl)c2ccccc21. The summed E-state index contributed by atoms with van der Waals surface area (Å²) in [6.07, 6.45) is 0. The number of benzene rings is 2. The van der Waals surface area contributed by atoms with Crippen LogP contribution in [0.1, 0.15) is 12.5 Å². The van der Waals surface area contributed by atoms with Crippen molar-refractivity contribution in [3.05, 3.63) is 68.6 Å². The molecular weight excluding hydrogens is 307 g/mol. The smallest absolute Gasteiger partial charge is 0.292 e. The minimum atomic E-state index is -0.0466. The lowest BCUT2D eigenvalue weighted by Crippen LogP contribution is -2.24. The van der Waals surface area contributed by atoms with E-state index in [0.717, 1.165) is 16.6 Å². The molecule has 0 unspecified atom stereocenters. The third kappa shape index (κ3) is 2.37. The number of imidazole rings is 1. The van der Waals surface area contributed by atoms with E-state index >= 15 is 0 Å². The molecule has 3 rings (SSSR count). The highest BCUT2D eigenvalue weighted by Crippen LogP contribution is 2.26. The molecule has 1 aromatic heterocycles. The van der Waals surface area contributed by atoms with E-state index in [-0.39, 0.29) is 5.69 Å². The maximum absolute atomic E-state index is 12.6. The van der Waals surface area contributed by atoms with Crippen molar-refractivity contribution in [1.29, 1.82) is 0 Å². The minimum absolute atomic E-state index is 0.0466. The van der Waals surface area contributed by atoms with Crippen LogP contribution in [0.5, 0.6) is 0 Å². The van der Waals surface area contributed by atoms with E-state index in [0.29, 0.717) is 23.1 Å². The van der Waals surface area contributed by atoms with Crippen molar-refractivity contribution in [1.82, 2.24) is 9.13 Å². The summed E-state index contributed by atoms with van der Waals surface area (Å²) in [7, 11) is 0. The zero-order chi connectivity index (χ0) is 15.0. The standard InChI is InChI=1S/C16H14Cl2N2O/c1-2-19-14-8-3-4-9-15(14)20(16(19)21)10-11-12(17)6-5-7-13(11)18/h3-9H,2,10H2,1H3. The summed E-state index contributed by atoms with van der Waals surface area (Å²) in [4.78, 5) is 12.6. The summed E-state index contributed by atoms with van der Waals surface area (Å²) >= 11 is 12.4. The third-order valence-corrected chi connectivity index (χ3v) is 4.33. The van der Waals surface area contributed by atoms with Crippen LogP contribution in [0.25, 0.3) is 11.0 Å². The zero-order valence-electron chi connectivity index (χ0n) is 11.5. The number of rotatable bonds is 3. The van der Waals surface area contributed by atoms with E-state index in [4.69, 9.17) is 23.2 Å². The lowest BCUT2D eigenvalue weighted by molar-refractivity contribution is 0.684. The number of nitrogens with zero attached hydrogens (tertiary/aromatic N) is 2. The van der Waals surface area contributed by atoms with Gasteiger partial charge in [0, 0.05) is 22.2 Å². The Morgan fingerprint density at radius 1 is 0.905 bits per heavy atom. The van der Waals surface area contributed by atoms with Gasteiger partial charge < -0.3 is 0 Å². The number of hydrogen-bond acceptors (Lipinski definition) is 1. The summed E-state index contributed by atoms with van der Waals surface area (Å²) in [5.41, 5.74) is 2.53. The molecule has 0 radical (unpaired) electrons. The van der Waals surface area contributed by atoms with Crippen LogP contribution < -0.4 is 5.69 Å². The fourth-order valence-corrected chi connectivity index (χ4v) is 3.09. The van der Waals surface area contributed by atoms with Crippen LogP contribution in [0.3, 0.4) is 0 Å². The van der Waals surface area contributed by atoms with Crippen LogP contribution in [0.2, 0.25) is 10.0 Å². The highest BCUT2D eigenvalue weighted by molar-refractivity contribution is 6.36. The number of para-hydroxylation sites is 2. The number of aromatic nitrogens is 2. The first kappa shape index (κ1) is 14.2. The molecular formula is C16H14Cl2N2O. The highest BCUT2D eigenvalue weighted by atomic mass is 35.5. The Balaban J connectivity index is 2.22. The van der Waals surface area contributed by atoms with Crippen LogP contribution in [0, 0.1) is 0 Å². The molecule has 0 bridgehead atoms. The molecule has 0 aliphatic heterocycles. The van der Waals surface area contributed by atoms with Gasteiger partial charge in [0.25, 0.3) is 0 Å². The van der Waals surface area contributed by atoms with Gasteiger partial charge >= 0.3 is 5.69 Å². The molecule has 2 aromatic carbocycles. The van der Waals surface area contributed by atoms with Crippen molar-refractivity contribution in [2.24, 2.45) is 0 Å². The molecule has 21 heavy (non-hydrogen) atoms. The first-order valence-electron chi connectivity index (χ1n) is 6.74. The molecule has 1 heterocycles. The average Bonchev–Trinajstić information content (AvgIpc) is 2.75. The van der Waals surface area contributed by atoms with Gasteiger partial charge in [-0.25, -0.2) is 4.79 Å². The molecule has 0 fully saturated rings. The van der Waals surface area contributed by atoms with Crippen molar-refractivity contribution < 1.29 is 0 Å². The molecule has 0 saturated carbocycles. The fraction of sp³-hybridized carbons (Fsp3) is 0.188. The largest absolute Gasteiger partial charge is 0.329 e. The van der Waals surface area contributed by atoms with E-state index in [1.54, 1.807) is 27.3 Å². The van der Waals surface area contributed by atoms with Crippen molar-refractivity contribution >= 4 is 34.2 Å². The van der Waals surface area contributed by atoms with Crippen LogP contribution in [-0.4, -0.2) is 9.13 Å². The molecule has 0 N–H and O–H groups in total. The minimum Gasteiger partial charge on any atom is -0.292 e. The number of aryl methyl sites for hydroxylation is 1. The highest BCUT2D eigenvalue weighted by Gasteiger charge is 2.14. The van der Waals surface area contributed by atoms with Crippen LogP contribution >= 0.6 is 23.2 Å². The molecule has 0 saturated heterocycles. The van der Waals surface area contributed by atoms with Crippen molar-refractivity contribution in [3.63, 3.8) is 0 Å². The zero-order valence-corrected chi connectivity index (χ0v) is 13.0. The second kappa shape index (κ2) is 5.58. The third-order valence-electron chi connectivity index (χ3n) is 3.62. The van der Waals surface area contributed by atoms with Gasteiger partial charge in [-0.3, -0.25) is 9.13 Å². The quantitative estimate of drug-likeness (QED) is 0.711. The van der Waals surface area contributed by atoms with Crippen LogP contribution in [0.4, 0.5) is 0 Å². The summed E-state index contributed by atoms with van der Waals surface area (Å²) < 4.78 is 3.46. The van der Waals surface area contributed by atoms with E-state index < -0.39 is 0 Å². The van der Waals surface area contributed by atoms with Gasteiger partial charge in [0.15, 0.2) is 0 Å². The molecule has 5 heteroatoms. The van der Waals surface area contributed by atoms with Gasteiger partial charge in [-0.1, -0.05) is 41.4 Å². The second-order valence-electron chi connectivity index (χ2n) is 4.80. The van der Waals surface area contributed by atoms with Crippen LogP contribution in [0.15, 0.2) is 47.3 Å². The van der Waals surface area contributed by atoms with Gasteiger partial charge in [-0.2, -0.15) is 0 Å². The summed E-state index contributed by atoms with van der Waals surface area (Å²) in [5.74, 6) is 0. The van der Waals surface area contributed by atoms with Gasteiger partial charge in [0.05, 0.1) is 17.6 Å². The summed E-state index contributed by atoms with van der Waals surface area (Å²) in [6.45, 7) is 2.95. The Morgan fingerprint density at radius 3 is 2.05 bits per heavy atom. The molecule has 0 aliphatic rings. The number of fused-ring (bicyclic) bond motifs is 1. The maximum atomic E-state index is 12.6. The summed E-state index contributed by atoms with van der Waals surface area (Å²) in [6, 6.07) is 13.1. The summed E-state index contributed by atoms with van der Waals surface area (Å²) in [5, 5.41) is 1.14. The van der Waals surface area contributed by atoms with Crippen molar-refractivity contribution in [2.75, 3.05) is 0 Å². The van der Waals surface area contributed by atoms with Crippen LogP contribution in [-0.2, 0) is 13.1 Å². The number of halogens is 2. The average molecular weight is 321 g/mol.